The topological polar surface area (TPSA) is 75.9 Å². The fraction of sp³-hybridized carbons (Fsp3) is 0.529. The second kappa shape index (κ2) is 8.36. The Bertz CT molecular complexity index is 610. The minimum Gasteiger partial charge on any atom is -0.381 e. The second-order valence-corrected chi connectivity index (χ2v) is 6.80. The van der Waals surface area contributed by atoms with Crippen molar-refractivity contribution in [2.45, 2.75) is 18.4 Å². The first-order valence-corrected chi connectivity index (χ1v) is 8.58. The van der Waals surface area contributed by atoms with Crippen LogP contribution in [0.1, 0.15) is 23.2 Å². The summed E-state index contributed by atoms with van der Waals surface area (Å²) in [5.74, 6) is -0.0586. The van der Waals surface area contributed by atoms with E-state index in [2.05, 4.69) is 0 Å². The van der Waals surface area contributed by atoms with Gasteiger partial charge in [-0.25, -0.2) is 0 Å². The van der Waals surface area contributed by atoms with Gasteiger partial charge in [0.15, 0.2) is 0 Å². The number of rotatable bonds is 2. The maximum Gasteiger partial charge on any atom is 0.253 e. The van der Waals surface area contributed by atoms with Crippen LogP contribution in [0.2, 0.25) is 5.02 Å². The average molecular weight is 388 g/mol. The highest BCUT2D eigenvalue weighted by Crippen LogP contribution is 2.22. The first kappa shape index (κ1) is 20.0. The lowest BCUT2D eigenvalue weighted by atomic mass is 9.89. The van der Waals surface area contributed by atoms with Crippen LogP contribution in [-0.2, 0) is 9.53 Å². The summed E-state index contributed by atoms with van der Waals surface area (Å²) in [5, 5.41) is 0.603. The van der Waals surface area contributed by atoms with E-state index in [1.54, 1.807) is 34.1 Å². The van der Waals surface area contributed by atoms with Crippen molar-refractivity contribution in [3.63, 3.8) is 0 Å². The molecule has 3 rings (SSSR count). The summed E-state index contributed by atoms with van der Waals surface area (Å²) in [5.41, 5.74) is 6.06. The highest BCUT2D eigenvalue weighted by Gasteiger charge is 2.40. The molecule has 25 heavy (non-hydrogen) atoms. The molecule has 1 aromatic rings. The maximum atomic E-state index is 12.7. The molecule has 0 bridgehead atoms. The van der Waals surface area contributed by atoms with Gasteiger partial charge in [-0.3, -0.25) is 9.59 Å². The van der Waals surface area contributed by atoms with Crippen LogP contribution >= 0.6 is 24.0 Å². The minimum absolute atomic E-state index is 0. The number of hydrogen-bond acceptors (Lipinski definition) is 4. The molecule has 2 aliphatic rings. The van der Waals surface area contributed by atoms with Crippen molar-refractivity contribution < 1.29 is 14.3 Å². The molecular formula is C17H23Cl2N3O3. The number of carbonyl (C=O) groups is 2. The third-order valence-corrected chi connectivity index (χ3v) is 5.01. The number of halogens is 2. The number of hydrogen-bond donors (Lipinski definition) is 1. The Labute approximate surface area is 158 Å². The van der Waals surface area contributed by atoms with Crippen LogP contribution in [0.4, 0.5) is 0 Å². The van der Waals surface area contributed by atoms with Crippen LogP contribution in [-0.4, -0.2) is 66.5 Å². The molecule has 0 atom stereocenters. The summed E-state index contributed by atoms with van der Waals surface area (Å²) in [6.45, 7) is 3.10. The molecule has 2 heterocycles. The quantitative estimate of drug-likeness (QED) is 0.834. The fourth-order valence-corrected chi connectivity index (χ4v) is 3.28. The van der Waals surface area contributed by atoms with Gasteiger partial charge in [0.05, 0.1) is 5.54 Å². The number of amides is 2. The Hall–Kier alpha value is -1.34. The van der Waals surface area contributed by atoms with E-state index in [4.69, 9.17) is 22.1 Å². The van der Waals surface area contributed by atoms with Gasteiger partial charge in [0.25, 0.3) is 5.91 Å². The summed E-state index contributed by atoms with van der Waals surface area (Å²) in [4.78, 5) is 28.7. The van der Waals surface area contributed by atoms with Crippen molar-refractivity contribution in [3.05, 3.63) is 34.9 Å². The molecule has 8 heteroatoms. The zero-order chi connectivity index (χ0) is 17.2. The van der Waals surface area contributed by atoms with E-state index in [0.29, 0.717) is 62.8 Å². The molecule has 6 nitrogen and oxygen atoms in total. The summed E-state index contributed by atoms with van der Waals surface area (Å²) in [6.07, 6.45) is 1.10. The zero-order valence-corrected chi connectivity index (χ0v) is 15.5. The molecule has 2 N–H and O–H groups in total. The van der Waals surface area contributed by atoms with Crippen LogP contribution in [0, 0.1) is 0 Å². The van der Waals surface area contributed by atoms with Crippen molar-refractivity contribution >= 4 is 35.8 Å². The molecule has 2 aliphatic heterocycles. The standard InChI is InChI=1S/C17H22ClN3O3.ClH/c18-14-3-1-13(2-4-14)15(22)20-7-9-21(10-8-20)16(23)17(19)5-11-24-12-6-17;/h1-4H,5-12,19H2;1H. The molecule has 2 amide bonds. The zero-order valence-electron chi connectivity index (χ0n) is 13.9. The normalized spacial score (nSPS) is 19.9. The predicted molar refractivity (Wildman–Crippen MR) is 98.2 cm³/mol. The molecule has 138 valence electrons. The number of benzene rings is 1. The van der Waals surface area contributed by atoms with Crippen LogP contribution in [0.25, 0.3) is 0 Å². The number of nitrogens with zero attached hydrogens (tertiary/aromatic N) is 2. The summed E-state index contributed by atoms with van der Waals surface area (Å²) in [7, 11) is 0. The van der Waals surface area contributed by atoms with Gasteiger partial charge in [-0.15, -0.1) is 12.4 Å². The molecule has 2 saturated heterocycles. The Morgan fingerprint density at radius 3 is 2.08 bits per heavy atom. The van der Waals surface area contributed by atoms with Gasteiger partial charge in [-0.2, -0.15) is 0 Å². The molecular weight excluding hydrogens is 365 g/mol. The lowest BCUT2D eigenvalue weighted by molar-refractivity contribution is -0.142. The summed E-state index contributed by atoms with van der Waals surface area (Å²) < 4.78 is 5.30. The summed E-state index contributed by atoms with van der Waals surface area (Å²) in [6, 6.07) is 6.86. The Morgan fingerprint density at radius 2 is 1.52 bits per heavy atom. The van der Waals surface area contributed by atoms with Crippen molar-refractivity contribution in [2.75, 3.05) is 39.4 Å². The molecule has 0 unspecified atom stereocenters. The molecule has 0 aromatic heterocycles. The maximum absolute atomic E-state index is 12.7. The highest BCUT2D eigenvalue weighted by molar-refractivity contribution is 6.30. The Balaban J connectivity index is 0.00000225. The molecule has 0 spiro atoms. The second-order valence-electron chi connectivity index (χ2n) is 6.36. The first-order chi connectivity index (χ1) is 11.5. The Morgan fingerprint density at radius 1 is 1.00 bits per heavy atom. The van der Waals surface area contributed by atoms with Gasteiger partial charge in [-0.1, -0.05) is 11.6 Å². The number of ether oxygens (including phenoxy) is 1. The summed E-state index contributed by atoms with van der Waals surface area (Å²) >= 11 is 5.85. The van der Waals surface area contributed by atoms with E-state index < -0.39 is 5.54 Å². The van der Waals surface area contributed by atoms with E-state index >= 15 is 0 Å². The van der Waals surface area contributed by atoms with Crippen LogP contribution in [0.3, 0.4) is 0 Å². The number of carbonyl (C=O) groups excluding carboxylic acids is 2. The number of nitrogens with two attached hydrogens (primary N) is 1. The van der Waals surface area contributed by atoms with Crippen molar-refractivity contribution in [3.8, 4) is 0 Å². The average Bonchev–Trinajstić information content (AvgIpc) is 2.62. The molecule has 2 fully saturated rings. The van der Waals surface area contributed by atoms with Crippen molar-refractivity contribution in [2.24, 2.45) is 5.73 Å². The van der Waals surface area contributed by atoms with Gasteiger partial charge < -0.3 is 20.3 Å². The smallest absolute Gasteiger partial charge is 0.253 e. The lowest BCUT2D eigenvalue weighted by Crippen LogP contribution is -2.61. The lowest BCUT2D eigenvalue weighted by Gasteiger charge is -2.40. The van der Waals surface area contributed by atoms with Gasteiger partial charge in [0.2, 0.25) is 5.91 Å². The SMILES string of the molecule is Cl.NC1(C(=O)N2CCN(C(=O)c3ccc(Cl)cc3)CC2)CCOCC1. The Kier molecular flexibility index (Phi) is 6.68. The molecule has 0 radical (unpaired) electrons. The van der Waals surface area contributed by atoms with Gasteiger partial charge in [-0.05, 0) is 37.1 Å². The van der Waals surface area contributed by atoms with E-state index in [9.17, 15) is 9.59 Å². The van der Waals surface area contributed by atoms with Gasteiger partial charge >= 0.3 is 0 Å². The third-order valence-electron chi connectivity index (χ3n) is 4.76. The van der Waals surface area contributed by atoms with E-state index in [1.807, 2.05) is 0 Å². The third kappa shape index (κ3) is 4.44. The van der Waals surface area contributed by atoms with Gasteiger partial charge in [0.1, 0.15) is 0 Å². The molecule has 0 saturated carbocycles. The van der Waals surface area contributed by atoms with E-state index in [-0.39, 0.29) is 24.2 Å². The van der Waals surface area contributed by atoms with E-state index in [0.717, 1.165) is 0 Å². The predicted octanol–water partition coefficient (Wildman–Crippen LogP) is 1.55. The highest BCUT2D eigenvalue weighted by atomic mass is 35.5. The minimum atomic E-state index is -0.819. The monoisotopic (exact) mass is 387 g/mol. The van der Waals surface area contributed by atoms with Crippen LogP contribution < -0.4 is 5.73 Å². The first-order valence-electron chi connectivity index (χ1n) is 8.20. The largest absolute Gasteiger partial charge is 0.381 e. The van der Waals surface area contributed by atoms with Crippen LogP contribution in [0.5, 0.6) is 0 Å². The molecule has 1 aromatic carbocycles. The molecule has 0 aliphatic carbocycles. The van der Waals surface area contributed by atoms with Crippen LogP contribution in [0.15, 0.2) is 24.3 Å². The van der Waals surface area contributed by atoms with E-state index in [1.165, 1.54) is 0 Å². The fourth-order valence-electron chi connectivity index (χ4n) is 3.15. The number of piperazine rings is 1. The van der Waals surface area contributed by atoms with Crippen molar-refractivity contribution in [1.29, 1.82) is 0 Å². The van der Waals surface area contributed by atoms with Crippen molar-refractivity contribution in [1.82, 2.24) is 9.80 Å². The van der Waals surface area contributed by atoms with Gasteiger partial charge in [0, 0.05) is 50.0 Å².